The van der Waals surface area contributed by atoms with Crippen molar-refractivity contribution < 1.29 is 9.53 Å². The number of rotatable bonds is 5. The van der Waals surface area contributed by atoms with Crippen LogP contribution in [0.3, 0.4) is 0 Å². The summed E-state index contributed by atoms with van der Waals surface area (Å²) in [6.45, 7) is 12.9. The van der Waals surface area contributed by atoms with E-state index in [0.29, 0.717) is 0 Å². The predicted molar refractivity (Wildman–Crippen MR) is 102 cm³/mol. The van der Waals surface area contributed by atoms with Crippen molar-refractivity contribution in [1.82, 2.24) is 9.80 Å². The molecule has 3 rings (SSSR count). The Kier molecular flexibility index (Phi) is 6.15. The van der Waals surface area contributed by atoms with Crippen molar-refractivity contribution in [3.8, 4) is 0 Å². The first-order valence-electron chi connectivity index (χ1n) is 9.45. The molecule has 0 aliphatic carbocycles. The second-order valence-electron chi connectivity index (χ2n) is 6.54. The van der Waals surface area contributed by atoms with E-state index in [1.165, 1.54) is 5.69 Å². The summed E-state index contributed by atoms with van der Waals surface area (Å²) in [5.41, 5.74) is 2.20. The van der Waals surface area contributed by atoms with Crippen molar-refractivity contribution in [3.63, 3.8) is 0 Å². The molecule has 0 unspecified atom stereocenters. The maximum Gasteiger partial charge on any atom is 0.324 e. The Morgan fingerprint density at radius 2 is 1.68 bits per heavy atom. The van der Waals surface area contributed by atoms with Crippen LogP contribution in [0, 0.1) is 0 Å². The highest BCUT2D eigenvalue weighted by molar-refractivity contribution is 5.96. The number of fused-ring (bicyclic) bond motifs is 1. The fourth-order valence-corrected chi connectivity index (χ4v) is 3.60. The van der Waals surface area contributed by atoms with Gasteiger partial charge in [0.15, 0.2) is 0 Å². The highest BCUT2D eigenvalue weighted by atomic mass is 16.5. The summed E-state index contributed by atoms with van der Waals surface area (Å²) in [6, 6.07) is 8.40. The first-order valence-corrected chi connectivity index (χ1v) is 9.45. The van der Waals surface area contributed by atoms with E-state index < -0.39 is 0 Å². The molecule has 2 aliphatic rings. The number of ether oxygens (including phenoxy) is 1. The number of hydrogen-bond acceptors (Lipinski definition) is 4. The Labute approximate surface area is 150 Å². The van der Waals surface area contributed by atoms with Gasteiger partial charge >= 0.3 is 6.03 Å². The fraction of sp³-hybridized carbons (Fsp3) is 0.632. The van der Waals surface area contributed by atoms with Crippen LogP contribution in [0.5, 0.6) is 0 Å². The van der Waals surface area contributed by atoms with Crippen molar-refractivity contribution in [2.75, 3.05) is 75.4 Å². The van der Waals surface area contributed by atoms with Crippen LogP contribution >= 0.6 is 0 Å². The third-order valence-corrected chi connectivity index (χ3v) is 5.16. The van der Waals surface area contributed by atoms with Crippen LogP contribution in [0.25, 0.3) is 0 Å². The summed E-state index contributed by atoms with van der Waals surface area (Å²) < 4.78 is 5.43. The lowest BCUT2D eigenvalue weighted by Crippen LogP contribution is -2.51. The standard InChI is InChI=1S/C19H30N4O2/c1-3-21(4-2)19(24)23-12-11-22(17-7-5-6-8-18(17)23)10-9-20-13-15-25-16-14-20/h5-8H,3-4,9-16H2,1-2H3. The molecule has 1 aromatic rings. The van der Waals surface area contributed by atoms with Crippen LogP contribution in [0.4, 0.5) is 16.2 Å². The molecule has 1 saturated heterocycles. The Bertz CT molecular complexity index is 570. The van der Waals surface area contributed by atoms with Gasteiger partial charge in [0.1, 0.15) is 0 Å². The predicted octanol–water partition coefficient (Wildman–Crippen LogP) is 2.11. The lowest BCUT2D eigenvalue weighted by Gasteiger charge is -2.40. The molecular formula is C19H30N4O2. The first kappa shape index (κ1) is 18.0. The summed E-state index contributed by atoms with van der Waals surface area (Å²) >= 11 is 0. The molecule has 2 amide bonds. The zero-order chi connectivity index (χ0) is 17.6. The van der Waals surface area contributed by atoms with Crippen LogP contribution in [0.1, 0.15) is 13.8 Å². The van der Waals surface area contributed by atoms with Crippen LogP contribution < -0.4 is 9.80 Å². The van der Waals surface area contributed by atoms with Gasteiger partial charge in [0, 0.05) is 52.4 Å². The van der Waals surface area contributed by atoms with Gasteiger partial charge in [-0.1, -0.05) is 12.1 Å². The highest BCUT2D eigenvalue weighted by Gasteiger charge is 2.28. The van der Waals surface area contributed by atoms with E-state index >= 15 is 0 Å². The number of para-hydroxylation sites is 2. The molecule has 0 bridgehead atoms. The van der Waals surface area contributed by atoms with Crippen molar-refractivity contribution in [2.45, 2.75) is 13.8 Å². The van der Waals surface area contributed by atoms with Crippen molar-refractivity contribution >= 4 is 17.4 Å². The highest BCUT2D eigenvalue weighted by Crippen LogP contribution is 2.33. The van der Waals surface area contributed by atoms with Crippen molar-refractivity contribution in [3.05, 3.63) is 24.3 Å². The average molecular weight is 346 g/mol. The second kappa shape index (κ2) is 8.54. The van der Waals surface area contributed by atoms with Gasteiger partial charge in [-0.05, 0) is 26.0 Å². The molecule has 6 nitrogen and oxygen atoms in total. The van der Waals surface area contributed by atoms with Crippen molar-refractivity contribution in [2.24, 2.45) is 0 Å². The first-order chi connectivity index (χ1) is 12.2. The number of morpholine rings is 1. The van der Waals surface area contributed by atoms with E-state index in [-0.39, 0.29) is 6.03 Å². The van der Waals surface area contributed by atoms with Gasteiger partial charge in [-0.25, -0.2) is 4.79 Å². The van der Waals surface area contributed by atoms with E-state index in [1.54, 1.807) is 0 Å². The summed E-state index contributed by atoms with van der Waals surface area (Å²) in [7, 11) is 0. The largest absolute Gasteiger partial charge is 0.379 e. The zero-order valence-corrected chi connectivity index (χ0v) is 15.5. The molecule has 0 saturated carbocycles. The quantitative estimate of drug-likeness (QED) is 0.819. The SMILES string of the molecule is CCN(CC)C(=O)N1CCN(CCN2CCOCC2)c2ccccc21. The van der Waals surface area contributed by atoms with Crippen LogP contribution in [-0.4, -0.2) is 81.4 Å². The number of benzene rings is 1. The van der Waals surface area contributed by atoms with Gasteiger partial charge in [0.2, 0.25) is 0 Å². The minimum Gasteiger partial charge on any atom is -0.379 e. The van der Waals surface area contributed by atoms with Crippen molar-refractivity contribution in [1.29, 1.82) is 0 Å². The zero-order valence-electron chi connectivity index (χ0n) is 15.5. The Morgan fingerprint density at radius 1 is 1.00 bits per heavy atom. The topological polar surface area (TPSA) is 39.3 Å². The van der Waals surface area contributed by atoms with E-state index in [0.717, 1.165) is 71.3 Å². The number of hydrogen-bond donors (Lipinski definition) is 0. The molecule has 138 valence electrons. The van der Waals surface area contributed by atoms with Crippen LogP contribution in [-0.2, 0) is 4.74 Å². The second-order valence-corrected chi connectivity index (χ2v) is 6.54. The van der Waals surface area contributed by atoms with Gasteiger partial charge in [0.05, 0.1) is 24.6 Å². The van der Waals surface area contributed by atoms with E-state index in [9.17, 15) is 4.79 Å². The third-order valence-electron chi connectivity index (χ3n) is 5.16. The van der Waals surface area contributed by atoms with Gasteiger partial charge < -0.3 is 14.5 Å². The molecule has 0 radical (unpaired) electrons. The van der Waals surface area contributed by atoms with Gasteiger partial charge in [-0.3, -0.25) is 9.80 Å². The van der Waals surface area contributed by atoms with Gasteiger partial charge in [-0.2, -0.15) is 0 Å². The number of anilines is 2. The number of nitrogens with zero attached hydrogens (tertiary/aromatic N) is 4. The average Bonchev–Trinajstić information content (AvgIpc) is 2.67. The number of carbonyl (C=O) groups excluding carboxylic acids is 1. The number of urea groups is 1. The number of carbonyl (C=O) groups is 1. The molecule has 6 heteroatoms. The maximum atomic E-state index is 12.8. The minimum absolute atomic E-state index is 0.116. The molecule has 0 spiro atoms. The molecule has 0 atom stereocenters. The molecule has 25 heavy (non-hydrogen) atoms. The molecule has 0 N–H and O–H groups in total. The normalized spacial score (nSPS) is 18.2. The lowest BCUT2D eigenvalue weighted by molar-refractivity contribution is 0.0391. The van der Waals surface area contributed by atoms with E-state index in [4.69, 9.17) is 4.74 Å². The van der Waals surface area contributed by atoms with E-state index in [1.807, 2.05) is 29.7 Å². The van der Waals surface area contributed by atoms with Crippen LogP contribution in [0.2, 0.25) is 0 Å². The third kappa shape index (κ3) is 4.07. The lowest BCUT2D eigenvalue weighted by atomic mass is 10.1. The molecule has 1 aromatic carbocycles. The molecule has 0 aromatic heterocycles. The van der Waals surface area contributed by atoms with Gasteiger partial charge in [0.25, 0.3) is 0 Å². The Morgan fingerprint density at radius 3 is 2.36 bits per heavy atom. The van der Waals surface area contributed by atoms with Crippen LogP contribution in [0.15, 0.2) is 24.3 Å². The molecule has 2 aliphatic heterocycles. The minimum atomic E-state index is 0.116. The molecule has 2 heterocycles. The maximum absolute atomic E-state index is 12.8. The Hall–Kier alpha value is -1.79. The smallest absolute Gasteiger partial charge is 0.324 e. The summed E-state index contributed by atoms with van der Waals surface area (Å²) in [5, 5.41) is 0. The summed E-state index contributed by atoms with van der Waals surface area (Å²) in [5.74, 6) is 0. The fourth-order valence-electron chi connectivity index (χ4n) is 3.60. The summed E-state index contributed by atoms with van der Waals surface area (Å²) in [4.78, 5) is 21.5. The summed E-state index contributed by atoms with van der Waals surface area (Å²) in [6.07, 6.45) is 0. The molecule has 1 fully saturated rings. The van der Waals surface area contributed by atoms with Gasteiger partial charge in [-0.15, -0.1) is 0 Å². The monoisotopic (exact) mass is 346 g/mol. The number of amides is 2. The van der Waals surface area contributed by atoms with E-state index in [2.05, 4.69) is 28.0 Å². The Balaban J connectivity index is 1.71. The molecular weight excluding hydrogens is 316 g/mol.